The molecule has 0 aliphatic carbocycles. The van der Waals surface area contributed by atoms with Gasteiger partial charge in [0.15, 0.2) is 5.96 Å². The lowest BCUT2D eigenvalue weighted by atomic mass is 10.6. The fraction of sp³-hybridized carbons (Fsp3) is 0.800. The van der Waals surface area contributed by atoms with E-state index >= 15 is 0 Å². The summed E-state index contributed by atoms with van der Waals surface area (Å²) in [6.45, 7) is 3.14. The second kappa shape index (κ2) is 5.37. The van der Waals surface area contributed by atoms with Crippen LogP contribution in [0.5, 0.6) is 0 Å². The maximum absolute atomic E-state index is 8.30. The first-order chi connectivity index (χ1) is 4.31. The molecule has 9 heavy (non-hydrogen) atoms. The molecule has 0 aromatic heterocycles. The van der Waals surface area contributed by atoms with Crippen LogP contribution in [-0.4, -0.2) is 30.8 Å². The SMILES string of the molecule is CCNC(=N)NCCO. The third-order valence-corrected chi connectivity index (χ3v) is 0.767. The highest BCUT2D eigenvalue weighted by molar-refractivity contribution is 5.76. The summed E-state index contributed by atoms with van der Waals surface area (Å²) in [4.78, 5) is 0. The predicted octanol–water partition coefficient (Wildman–Crippen LogP) is -0.887. The van der Waals surface area contributed by atoms with E-state index in [4.69, 9.17) is 10.5 Å². The smallest absolute Gasteiger partial charge is 0.188 e. The van der Waals surface area contributed by atoms with Crippen LogP contribution in [0.3, 0.4) is 0 Å². The van der Waals surface area contributed by atoms with Gasteiger partial charge in [-0.1, -0.05) is 0 Å². The molecule has 0 aromatic carbocycles. The van der Waals surface area contributed by atoms with Crippen molar-refractivity contribution in [1.82, 2.24) is 10.6 Å². The average Bonchev–Trinajstić information content (AvgIpc) is 1.85. The topological polar surface area (TPSA) is 68.1 Å². The lowest BCUT2D eigenvalue weighted by Crippen LogP contribution is -2.37. The Morgan fingerprint density at radius 1 is 1.56 bits per heavy atom. The molecule has 4 heteroatoms. The van der Waals surface area contributed by atoms with Crippen LogP contribution in [0.25, 0.3) is 0 Å². The lowest BCUT2D eigenvalue weighted by Gasteiger charge is -2.05. The highest BCUT2D eigenvalue weighted by atomic mass is 16.3. The zero-order chi connectivity index (χ0) is 7.11. The van der Waals surface area contributed by atoms with Gasteiger partial charge in [-0.05, 0) is 6.92 Å². The van der Waals surface area contributed by atoms with Crippen molar-refractivity contribution in [2.75, 3.05) is 19.7 Å². The van der Waals surface area contributed by atoms with Gasteiger partial charge in [0.1, 0.15) is 0 Å². The molecule has 0 amide bonds. The Kier molecular flexibility index (Phi) is 4.91. The summed E-state index contributed by atoms with van der Waals surface area (Å²) in [7, 11) is 0. The minimum atomic E-state index is 0.0633. The quantitative estimate of drug-likeness (QED) is 0.297. The third-order valence-electron chi connectivity index (χ3n) is 0.767. The van der Waals surface area contributed by atoms with Gasteiger partial charge in [-0.3, -0.25) is 5.41 Å². The largest absolute Gasteiger partial charge is 0.395 e. The highest BCUT2D eigenvalue weighted by Crippen LogP contribution is 1.58. The molecule has 0 radical (unpaired) electrons. The average molecular weight is 131 g/mol. The van der Waals surface area contributed by atoms with Crippen LogP contribution in [0, 0.1) is 5.41 Å². The Morgan fingerprint density at radius 2 is 2.22 bits per heavy atom. The van der Waals surface area contributed by atoms with Gasteiger partial charge in [0.25, 0.3) is 0 Å². The summed E-state index contributed by atoms with van der Waals surface area (Å²) >= 11 is 0. The molecule has 0 atom stereocenters. The molecule has 0 spiro atoms. The maximum Gasteiger partial charge on any atom is 0.188 e. The molecule has 0 fully saturated rings. The molecule has 4 nitrogen and oxygen atoms in total. The van der Waals surface area contributed by atoms with E-state index in [-0.39, 0.29) is 12.6 Å². The van der Waals surface area contributed by atoms with Crippen molar-refractivity contribution in [2.24, 2.45) is 0 Å². The summed E-state index contributed by atoms with van der Waals surface area (Å²) < 4.78 is 0. The minimum Gasteiger partial charge on any atom is -0.395 e. The van der Waals surface area contributed by atoms with E-state index in [0.717, 1.165) is 6.54 Å². The molecule has 0 aliphatic heterocycles. The van der Waals surface area contributed by atoms with Crippen molar-refractivity contribution in [3.63, 3.8) is 0 Å². The Hall–Kier alpha value is -0.770. The number of aliphatic hydroxyl groups excluding tert-OH is 1. The Bertz CT molecular complexity index is 84.3. The van der Waals surface area contributed by atoms with Gasteiger partial charge in [-0.15, -0.1) is 0 Å². The van der Waals surface area contributed by atoms with Gasteiger partial charge in [0, 0.05) is 13.1 Å². The second-order valence-corrected chi connectivity index (χ2v) is 1.56. The van der Waals surface area contributed by atoms with Crippen LogP contribution in [0.15, 0.2) is 0 Å². The number of guanidine groups is 1. The summed E-state index contributed by atoms with van der Waals surface area (Å²) in [6.07, 6.45) is 0. The molecule has 0 aliphatic rings. The first-order valence-electron chi connectivity index (χ1n) is 2.98. The van der Waals surface area contributed by atoms with Crippen molar-refractivity contribution in [3.8, 4) is 0 Å². The fourth-order valence-corrected chi connectivity index (χ4v) is 0.420. The van der Waals surface area contributed by atoms with Crippen LogP contribution >= 0.6 is 0 Å². The summed E-state index contributed by atoms with van der Waals surface area (Å²) in [5, 5.41) is 20.8. The third kappa shape index (κ3) is 5.10. The van der Waals surface area contributed by atoms with E-state index in [0.29, 0.717) is 6.54 Å². The monoisotopic (exact) mass is 131 g/mol. The van der Waals surface area contributed by atoms with Crippen molar-refractivity contribution < 1.29 is 5.11 Å². The van der Waals surface area contributed by atoms with Crippen LogP contribution in [-0.2, 0) is 0 Å². The van der Waals surface area contributed by atoms with Crippen LogP contribution < -0.4 is 10.6 Å². The van der Waals surface area contributed by atoms with Crippen LogP contribution in [0.4, 0.5) is 0 Å². The zero-order valence-electron chi connectivity index (χ0n) is 5.57. The predicted molar refractivity (Wildman–Crippen MR) is 36.5 cm³/mol. The number of hydrogen-bond acceptors (Lipinski definition) is 2. The molecule has 54 valence electrons. The van der Waals surface area contributed by atoms with Crippen LogP contribution in [0.1, 0.15) is 6.92 Å². The van der Waals surface area contributed by atoms with Crippen molar-refractivity contribution in [3.05, 3.63) is 0 Å². The molecule has 0 heterocycles. The van der Waals surface area contributed by atoms with Gasteiger partial charge >= 0.3 is 0 Å². The Balaban J connectivity index is 3.06. The van der Waals surface area contributed by atoms with Gasteiger partial charge in [-0.2, -0.15) is 0 Å². The zero-order valence-corrected chi connectivity index (χ0v) is 5.57. The minimum absolute atomic E-state index is 0.0633. The van der Waals surface area contributed by atoms with E-state index in [1.807, 2.05) is 6.92 Å². The summed E-state index contributed by atoms with van der Waals surface area (Å²) in [5.74, 6) is 0.270. The van der Waals surface area contributed by atoms with Gasteiger partial charge in [0.2, 0.25) is 0 Å². The molecular formula is C5H13N3O. The second-order valence-electron chi connectivity index (χ2n) is 1.56. The van der Waals surface area contributed by atoms with Gasteiger partial charge in [-0.25, -0.2) is 0 Å². The fourth-order valence-electron chi connectivity index (χ4n) is 0.420. The first kappa shape index (κ1) is 8.23. The van der Waals surface area contributed by atoms with Crippen LogP contribution in [0.2, 0.25) is 0 Å². The molecule has 0 saturated carbocycles. The number of hydrogen-bond donors (Lipinski definition) is 4. The normalized spacial score (nSPS) is 8.67. The van der Waals surface area contributed by atoms with Gasteiger partial charge < -0.3 is 15.7 Å². The van der Waals surface area contributed by atoms with Crippen molar-refractivity contribution >= 4 is 5.96 Å². The number of nitrogens with one attached hydrogen (secondary N) is 3. The molecule has 0 unspecified atom stereocenters. The highest BCUT2D eigenvalue weighted by Gasteiger charge is 1.87. The van der Waals surface area contributed by atoms with Crippen molar-refractivity contribution in [1.29, 1.82) is 5.41 Å². The lowest BCUT2D eigenvalue weighted by molar-refractivity contribution is 0.300. The van der Waals surface area contributed by atoms with E-state index in [1.54, 1.807) is 0 Å². The maximum atomic E-state index is 8.30. The molecule has 0 rings (SSSR count). The Morgan fingerprint density at radius 3 is 2.67 bits per heavy atom. The molecule has 0 saturated heterocycles. The number of rotatable bonds is 3. The Labute approximate surface area is 54.8 Å². The summed E-state index contributed by atoms with van der Waals surface area (Å²) in [5.41, 5.74) is 0. The van der Waals surface area contributed by atoms with Gasteiger partial charge in [0.05, 0.1) is 6.61 Å². The first-order valence-corrected chi connectivity index (χ1v) is 2.98. The molecule has 4 N–H and O–H groups in total. The summed E-state index contributed by atoms with van der Waals surface area (Å²) in [6, 6.07) is 0. The molecule has 0 bridgehead atoms. The number of aliphatic hydroxyl groups is 1. The molecular weight excluding hydrogens is 118 g/mol. The van der Waals surface area contributed by atoms with E-state index in [2.05, 4.69) is 10.6 Å². The van der Waals surface area contributed by atoms with E-state index in [1.165, 1.54) is 0 Å². The van der Waals surface area contributed by atoms with Crippen molar-refractivity contribution in [2.45, 2.75) is 6.92 Å². The van der Waals surface area contributed by atoms with E-state index < -0.39 is 0 Å². The van der Waals surface area contributed by atoms with E-state index in [9.17, 15) is 0 Å². The molecule has 0 aromatic rings. The standard InChI is InChI=1S/C5H13N3O/c1-2-7-5(6)8-3-4-9/h9H,2-4H2,1H3,(H3,6,7,8).